The Balaban J connectivity index is 1.28. The number of aliphatic hydroxyl groups is 1. The van der Waals surface area contributed by atoms with Gasteiger partial charge in [-0.05, 0) is 42.0 Å². The minimum atomic E-state index is -0.758. The molecule has 0 unspecified atom stereocenters. The molecule has 5 rings (SSSR count). The van der Waals surface area contributed by atoms with E-state index in [0.717, 1.165) is 33.7 Å². The maximum atomic E-state index is 13.9. The molecule has 9 heteroatoms. The molecule has 41 heavy (non-hydrogen) atoms. The average molecular weight is 572 g/mol. The van der Waals surface area contributed by atoms with Gasteiger partial charge in [-0.25, -0.2) is 4.98 Å². The third-order valence-corrected chi connectivity index (χ3v) is 8.70. The number of benzene rings is 2. The van der Waals surface area contributed by atoms with Gasteiger partial charge in [0.05, 0.1) is 34.4 Å². The van der Waals surface area contributed by atoms with E-state index in [-0.39, 0.29) is 36.7 Å². The van der Waals surface area contributed by atoms with E-state index in [1.807, 2.05) is 81.9 Å². The average Bonchev–Trinajstić information content (AvgIpc) is 3.69. The van der Waals surface area contributed by atoms with Crippen molar-refractivity contribution < 1.29 is 14.7 Å². The van der Waals surface area contributed by atoms with E-state index in [9.17, 15) is 14.7 Å². The molecule has 1 aliphatic heterocycles. The van der Waals surface area contributed by atoms with Crippen molar-refractivity contribution in [3.63, 3.8) is 0 Å². The maximum Gasteiger partial charge on any atom is 0.248 e. The van der Waals surface area contributed by atoms with Crippen LogP contribution < -0.4 is 5.32 Å². The number of carbonyl (C=O) groups excluding carboxylic acids is 2. The number of likely N-dealkylation sites (tertiary alicyclic amines) is 1. The molecule has 1 saturated heterocycles. The van der Waals surface area contributed by atoms with Crippen LogP contribution in [0.25, 0.3) is 10.4 Å². The molecule has 2 amide bonds. The molecule has 1 aliphatic rings. The van der Waals surface area contributed by atoms with Crippen LogP contribution in [0.3, 0.4) is 0 Å². The SMILES string of the molecule is Cc1ncsc1-c1ccc([C@H](C)NC(=O)[C@@H]2C[C@@H](O)CN2C(=O)[C@H](C(C)C)n2cc(Cc3ccccc3)cn2)cc1. The molecule has 214 valence electrons. The molecule has 4 atom stereocenters. The van der Waals surface area contributed by atoms with E-state index in [1.165, 1.54) is 10.5 Å². The molecule has 2 aromatic carbocycles. The molecule has 0 bridgehead atoms. The number of aliphatic hydroxyl groups excluding tert-OH is 1. The Morgan fingerprint density at radius 2 is 1.80 bits per heavy atom. The first kappa shape index (κ1) is 28.7. The van der Waals surface area contributed by atoms with Crippen molar-refractivity contribution in [1.82, 2.24) is 25.0 Å². The van der Waals surface area contributed by atoms with E-state index >= 15 is 0 Å². The molecule has 4 aromatic rings. The van der Waals surface area contributed by atoms with Crippen molar-refractivity contribution in [2.45, 2.75) is 64.8 Å². The number of hydrogen-bond donors (Lipinski definition) is 2. The highest BCUT2D eigenvalue weighted by Crippen LogP contribution is 2.30. The van der Waals surface area contributed by atoms with Gasteiger partial charge in [-0.2, -0.15) is 5.10 Å². The van der Waals surface area contributed by atoms with Crippen molar-refractivity contribution >= 4 is 23.2 Å². The molecule has 0 spiro atoms. The minimum Gasteiger partial charge on any atom is -0.391 e. The standard InChI is InChI=1S/C32H37N5O3S/c1-20(2)29(37-17-24(16-34-37)14-23-8-6-5-7-9-23)32(40)36-18-27(38)15-28(36)31(39)35-21(3)25-10-12-26(13-11-25)30-22(4)33-19-41-30/h5-13,16-17,19-21,27-29,38H,14-15,18H2,1-4H3,(H,35,39)/t21-,27+,28-,29-/m0/s1. The number of aryl methyl sites for hydroxylation is 1. The summed E-state index contributed by atoms with van der Waals surface area (Å²) in [5.41, 5.74) is 7.06. The Morgan fingerprint density at radius 3 is 2.46 bits per heavy atom. The monoisotopic (exact) mass is 571 g/mol. The van der Waals surface area contributed by atoms with E-state index in [2.05, 4.69) is 27.5 Å². The molecular weight excluding hydrogens is 534 g/mol. The van der Waals surface area contributed by atoms with Crippen molar-refractivity contribution in [3.8, 4) is 10.4 Å². The zero-order valence-corrected chi connectivity index (χ0v) is 24.7. The lowest BCUT2D eigenvalue weighted by molar-refractivity contribution is -0.142. The molecule has 1 fully saturated rings. The lowest BCUT2D eigenvalue weighted by atomic mass is 10.0. The van der Waals surface area contributed by atoms with Crippen LogP contribution in [0.15, 0.2) is 72.5 Å². The summed E-state index contributed by atoms with van der Waals surface area (Å²) in [6.45, 7) is 7.99. The van der Waals surface area contributed by atoms with Gasteiger partial charge in [0.25, 0.3) is 0 Å². The van der Waals surface area contributed by atoms with E-state index < -0.39 is 18.2 Å². The van der Waals surface area contributed by atoms with Gasteiger partial charge in [-0.1, -0.05) is 68.4 Å². The van der Waals surface area contributed by atoms with Gasteiger partial charge in [-0.15, -0.1) is 11.3 Å². The summed E-state index contributed by atoms with van der Waals surface area (Å²) in [5.74, 6) is -0.534. The van der Waals surface area contributed by atoms with Crippen LogP contribution in [-0.4, -0.2) is 55.3 Å². The first-order valence-electron chi connectivity index (χ1n) is 14.1. The van der Waals surface area contributed by atoms with E-state index in [4.69, 9.17) is 0 Å². The Hall–Kier alpha value is -3.82. The second kappa shape index (κ2) is 12.4. The van der Waals surface area contributed by atoms with Gasteiger partial charge in [0.2, 0.25) is 11.8 Å². The summed E-state index contributed by atoms with van der Waals surface area (Å²) in [7, 11) is 0. The van der Waals surface area contributed by atoms with Gasteiger partial charge >= 0.3 is 0 Å². The van der Waals surface area contributed by atoms with Crippen LogP contribution in [0.2, 0.25) is 0 Å². The highest BCUT2D eigenvalue weighted by Gasteiger charge is 2.42. The van der Waals surface area contributed by atoms with Gasteiger partial charge in [0, 0.05) is 25.6 Å². The number of thiazole rings is 1. The van der Waals surface area contributed by atoms with Crippen LogP contribution in [0, 0.1) is 12.8 Å². The van der Waals surface area contributed by atoms with Crippen LogP contribution in [0.4, 0.5) is 0 Å². The molecule has 2 N–H and O–H groups in total. The van der Waals surface area contributed by atoms with E-state index in [1.54, 1.807) is 22.2 Å². The fourth-order valence-electron chi connectivity index (χ4n) is 5.53. The van der Waals surface area contributed by atoms with Crippen LogP contribution in [0.1, 0.15) is 61.7 Å². The number of rotatable bonds is 9. The molecule has 0 saturated carbocycles. The third kappa shape index (κ3) is 6.41. The Bertz CT molecular complexity index is 1480. The first-order valence-corrected chi connectivity index (χ1v) is 15.0. The van der Waals surface area contributed by atoms with Crippen molar-refractivity contribution in [3.05, 3.63) is 94.9 Å². The van der Waals surface area contributed by atoms with Crippen molar-refractivity contribution in [2.24, 2.45) is 5.92 Å². The van der Waals surface area contributed by atoms with Crippen LogP contribution in [-0.2, 0) is 16.0 Å². The Labute approximate surface area is 245 Å². The molecular formula is C32H37N5O3S. The number of aromatic nitrogens is 3. The minimum absolute atomic E-state index is 0.0620. The Kier molecular flexibility index (Phi) is 8.65. The second-order valence-electron chi connectivity index (χ2n) is 11.2. The number of amides is 2. The second-order valence-corrected chi connectivity index (χ2v) is 12.0. The number of nitrogens with zero attached hydrogens (tertiary/aromatic N) is 4. The lowest BCUT2D eigenvalue weighted by Crippen LogP contribution is -2.49. The quantitative estimate of drug-likeness (QED) is 0.296. The smallest absolute Gasteiger partial charge is 0.248 e. The third-order valence-electron chi connectivity index (χ3n) is 7.72. The summed E-state index contributed by atoms with van der Waals surface area (Å²) in [4.78, 5) is 34.4. The Morgan fingerprint density at radius 1 is 1.07 bits per heavy atom. The first-order chi connectivity index (χ1) is 19.7. The largest absolute Gasteiger partial charge is 0.391 e. The summed E-state index contributed by atoms with van der Waals surface area (Å²) >= 11 is 1.60. The lowest BCUT2D eigenvalue weighted by Gasteiger charge is -2.30. The highest BCUT2D eigenvalue weighted by molar-refractivity contribution is 7.13. The maximum absolute atomic E-state index is 13.9. The molecule has 0 radical (unpaired) electrons. The fraction of sp³-hybridized carbons (Fsp3) is 0.375. The normalized spacial score (nSPS) is 18.4. The van der Waals surface area contributed by atoms with Crippen molar-refractivity contribution in [1.29, 1.82) is 0 Å². The predicted molar refractivity (Wildman–Crippen MR) is 160 cm³/mol. The highest BCUT2D eigenvalue weighted by atomic mass is 32.1. The summed E-state index contributed by atoms with van der Waals surface area (Å²) in [6.07, 6.45) is 3.87. The topological polar surface area (TPSA) is 100 Å². The van der Waals surface area contributed by atoms with E-state index in [0.29, 0.717) is 0 Å². The van der Waals surface area contributed by atoms with Gasteiger partial charge < -0.3 is 15.3 Å². The van der Waals surface area contributed by atoms with Gasteiger partial charge in [-0.3, -0.25) is 14.3 Å². The number of nitrogens with one attached hydrogen (secondary N) is 1. The summed E-state index contributed by atoms with van der Waals surface area (Å²) < 4.78 is 1.71. The van der Waals surface area contributed by atoms with Gasteiger partial charge in [0.15, 0.2) is 0 Å². The summed E-state index contributed by atoms with van der Waals surface area (Å²) in [5, 5.41) is 18.1. The predicted octanol–water partition coefficient (Wildman–Crippen LogP) is 4.94. The summed E-state index contributed by atoms with van der Waals surface area (Å²) in [6, 6.07) is 16.6. The zero-order valence-electron chi connectivity index (χ0n) is 23.9. The van der Waals surface area contributed by atoms with Crippen molar-refractivity contribution in [2.75, 3.05) is 6.54 Å². The molecule has 0 aliphatic carbocycles. The van der Waals surface area contributed by atoms with Gasteiger partial charge in [0.1, 0.15) is 12.1 Å². The molecule has 2 aromatic heterocycles. The molecule has 3 heterocycles. The fourth-order valence-corrected chi connectivity index (χ4v) is 6.34. The number of β-amino-alcohol motifs (C(OH)–C–C–N with tert-alkyl or cyclic N) is 1. The zero-order chi connectivity index (χ0) is 29.1. The van der Waals surface area contributed by atoms with Crippen LogP contribution in [0.5, 0.6) is 0 Å². The molecule has 8 nitrogen and oxygen atoms in total. The number of hydrogen-bond acceptors (Lipinski definition) is 6. The van der Waals surface area contributed by atoms with Crippen LogP contribution >= 0.6 is 11.3 Å². The number of carbonyl (C=O) groups is 2.